The van der Waals surface area contributed by atoms with Crippen LogP contribution in [0.2, 0.25) is 0 Å². The Kier molecular flexibility index (Phi) is 3.54. The molecule has 1 fully saturated rings. The summed E-state index contributed by atoms with van der Waals surface area (Å²) in [4.78, 5) is 8.66. The van der Waals surface area contributed by atoms with Crippen LogP contribution in [0.25, 0.3) is 11.4 Å². The molecule has 2 N–H and O–H groups in total. The summed E-state index contributed by atoms with van der Waals surface area (Å²) >= 11 is 2.11. The summed E-state index contributed by atoms with van der Waals surface area (Å²) in [6.45, 7) is 0. The van der Waals surface area contributed by atoms with Gasteiger partial charge in [-0.1, -0.05) is 12.1 Å². The fourth-order valence-electron chi connectivity index (χ4n) is 2.05. The van der Waals surface area contributed by atoms with Crippen molar-refractivity contribution < 1.29 is 13.2 Å². The van der Waals surface area contributed by atoms with Gasteiger partial charge in [0, 0.05) is 11.5 Å². The van der Waals surface area contributed by atoms with E-state index >= 15 is 0 Å². The van der Waals surface area contributed by atoms with Gasteiger partial charge in [-0.2, -0.15) is 13.2 Å². The molecule has 0 bridgehead atoms. The average molecular weight is 405 g/mol. The van der Waals surface area contributed by atoms with Crippen LogP contribution in [-0.4, -0.2) is 9.97 Å². The molecule has 1 aliphatic carbocycles. The number of benzene rings is 1. The van der Waals surface area contributed by atoms with Gasteiger partial charge in [-0.25, -0.2) is 9.97 Å². The van der Waals surface area contributed by atoms with Gasteiger partial charge < -0.3 is 5.73 Å². The summed E-state index contributed by atoms with van der Waals surface area (Å²) in [6, 6.07) is 4.82. The maximum Gasteiger partial charge on any atom is 0.416 e. The average Bonchev–Trinajstić information content (AvgIpc) is 3.25. The van der Waals surface area contributed by atoms with Gasteiger partial charge in [0.25, 0.3) is 0 Å². The Balaban J connectivity index is 2.00. The first-order chi connectivity index (χ1) is 9.86. The maximum absolute atomic E-state index is 12.6. The zero-order valence-electron chi connectivity index (χ0n) is 10.8. The SMILES string of the molecule is Nc1nc(-c2ccc(C(F)(F)F)cc2)nc(C2CC2)c1I. The molecule has 0 radical (unpaired) electrons. The van der Waals surface area contributed by atoms with Gasteiger partial charge in [0.05, 0.1) is 14.8 Å². The largest absolute Gasteiger partial charge is 0.416 e. The van der Waals surface area contributed by atoms with E-state index in [1.165, 1.54) is 12.1 Å². The highest BCUT2D eigenvalue weighted by atomic mass is 127. The number of rotatable bonds is 2. The molecule has 7 heteroatoms. The number of nitrogens with two attached hydrogens (primary N) is 1. The number of anilines is 1. The van der Waals surface area contributed by atoms with Gasteiger partial charge in [-0.3, -0.25) is 0 Å². The summed E-state index contributed by atoms with van der Waals surface area (Å²) in [5.74, 6) is 1.15. The molecule has 1 aliphatic rings. The Morgan fingerprint density at radius 2 is 1.71 bits per heavy atom. The number of hydrogen-bond acceptors (Lipinski definition) is 3. The van der Waals surface area contributed by atoms with Crippen molar-refractivity contribution in [3.63, 3.8) is 0 Å². The highest BCUT2D eigenvalue weighted by Gasteiger charge is 2.31. The molecule has 0 spiro atoms. The standard InChI is InChI=1S/C14H11F3IN3/c15-14(16,17)9-5-3-8(4-6-9)13-20-11(7-1-2-7)10(18)12(19)21-13/h3-7H,1-2H2,(H2,19,20,21). The zero-order chi connectivity index (χ0) is 15.2. The number of alkyl halides is 3. The molecule has 0 aliphatic heterocycles. The van der Waals surface area contributed by atoms with E-state index in [0.29, 0.717) is 23.1 Å². The fraction of sp³-hybridized carbons (Fsp3) is 0.286. The van der Waals surface area contributed by atoms with Crippen LogP contribution in [0.15, 0.2) is 24.3 Å². The van der Waals surface area contributed by atoms with E-state index < -0.39 is 11.7 Å². The van der Waals surface area contributed by atoms with Crippen LogP contribution in [0.4, 0.5) is 19.0 Å². The number of nitrogens with zero attached hydrogens (tertiary/aromatic N) is 2. The first-order valence-corrected chi connectivity index (χ1v) is 7.44. The summed E-state index contributed by atoms with van der Waals surface area (Å²) in [6.07, 6.45) is -2.21. The van der Waals surface area contributed by atoms with Crippen molar-refractivity contribution in [3.8, 4) is 11.4 Å². The van der Waals surface area contributed by atoms with Gasteiger partial charge in [0.1, 0.15) is 5.82 Å². The van der Waals surface area contributed by atoms with E-state index in [1.54, 1.807) is 0 Å². The molecule has 110 valence electrons. The normalized spacial score (nSPS) is 15.2. The lowest BCUT2D eigenvalue weighted by Crippen LogP contribution is -2.06. The second-order valence-corrected chi connectivity index (χ2v) is 6.06. The molecule has 0 atom stereocenters. The van der Waals surface area contributed by atoms with Crippen molar-refractivity contribution >= 4 is 28.4 Å². The molecule has 0 saturated heterocycles. The Morgan fingerprint density at radius 3 is 2.24 bits per heavy atom. The maximum atomic E-state index is 12.6. The van der Waals surface area contributed by atoms with E-state index in [4.69, 9.17) is 5.73 Å². The third-order valence-electron chi connectivity index (χ3n) is 3.34. The third kappa shape index (κ3) is 2.97. The highest BCUT2D eigenvalue weighted by molar-refractivity contribution is 14.1. The van der Waals surface area contributed by atoms with E-state index in [1.807, 2.05) is 0 Å². The van der Waals surface area contributed by atoms with Gasteiger partial charge in [-0.15, -0.1) is 0 Å². The van der Waals surface area contributed by atoms with Crippen LogP contribution in [0, 0.1) is 3.57 Å². The number of halogens is 4. The minimum Gasteiger partial charge on any atom is -0.383 e. The smallest absolute Gasteiger partial charge is 0.383 e. The van der Waals surface area contributed by atoms with Crippen molar-refractivity contribution in [2.75, 3.05) is 5.73 Å². The van der Waals surface area contributed by atoms with Crippen LogP contribution in [-0.2, 0) is 6.18 Å². The lowest BCUT2D eigenvalue weighted by molar-refractivity contribution is -0.137. The Hall–Kier alpha value is -1.38. The van der Waals surface area contributed by atoms with E-state index in [0.717, 1.165) is 34.2 Å². The molecule has 3 rings (SSSR count). The molecule has 0 amide bonds. The Labute approximate surface area is 132 Å². The minimum atomic E-state index is -4.34. The monoisotopic (exact) mass is 405 g/mol. The van der Waals surface area contributed by atoms with Crippen molar-refractivity contribution in [2.24, 2.45) is 0 Å². The van der Waals surface area contributed by atoms with Gasteiger partial charge in [-0.05, 0) is 47.6 Å². The molecule has 21 heavy (non-hydrogen) atoms. The Bertz CT molecular complexity index is 679. The molecule has 1 heterocycles. The van der Waals surface area contributed by atoms with Crippen LogP contribution >= 0.6 is 22.6 Å². The lowest BCUT2D eigenvalue weighted by atomic mass is 10.1. The van der Waals surface area contributed by atoms with Crippen LogP contribution in [0.1, 0.15) is 30.0 Å². The zero-order valence-corrected chi connectivity index (χ0v) is 12.9. The Morgan fingerprint density at radius 1 is 1.10 bits per heavy atom. The topological polar surface area (TPSA) is 51.8 Å². The highest BCUT2D eigenvalue weighted by Crippen LogP contribution is 2.42. The molecular formula is C14H11F3IN3. The molecule has 3 nitrogen and oxygen atoms in total. The predicted molar refractivity (Wildman–Crippen MR) is 81.6 cm³/mol. The number of aromatic nitrogens is 2. The molecule has 1 aromatic heterocycles. The van der Waals surface area contributed by atoms with Crippen molar-refractivity contribution in [2.45, 2.75) is 24.9 Å². The van der Waals surface area contributed by atoms with Gasteiger partial charge >= 0.3 is 6.18 Å². The van der Waals surface area contributed by atoms with Crippen LogP contribution in [0.5, 0.6) is 0 Å². The van der Waals surface area contributed by atoms with Crippen molar-refractivity contribution in [1.29, 1.82) is 0 Å². The first-order valence-electron chi connectivity index (χ1n) is 6.37. The predicted octanol–water partition coefficient (Wildman–Crippen LogP) is 4.23. The van der Waals surface area contributed by atoms with Gasteiger partial charge in [0.2, 0.25) is 0 Å². The van der Waals surface area contributed by atoms with Crippen LogP contribution in [0.3, 0.4) is 0 Å². The van der Waals surface area contributed by atoms with Crippen molar-refractivity contribution in [1.82, 2.24) is 9.97 Å². The summed E-state index contributed by atoms with van der Waals surface area (Å²) in [5.41, 5.74) is 6.63. The first kappa shape index (κ1) is 14.6. The lowest BCUT2D eigenvalue weighted by Gasteiger charge is -2.10. The number of nitrogen functional groups attached to an aromatic ring is 1. The summed E-state index contributed by atoms with van der Waals surface area (Å²) in [7, 11) is 0. The molecular weight excluding hydrogens is 394 g/mol. The molecule has 1 aromatic carbocycles. The molecule has 2 aromatic rings. The number of hydrogen-bond donors (Lipinski definition) is 1. The quantitative estimate of drug-likeness (QED) is 0.762. The van der Waals surface area contributed by atoms with E-state index in [9.17, 15) is 13.2 Å². The van der Waals surface area contributed by atoms with E-state index in [2.05, 4.69) is 32.6 Å². The fourth-order valence-corrected chi connectivity index (χ4v) is 2.73. The molecule has 0 unspecified atom stereocenters. The third-order valence-corrected chi connectivity index (χ3v) is 4.44. The summed E-state index contributed by atoms with van der Waals surface area (Å²) < 4.78 is 38.5. The van der Waals surface area contributed by atoms with E-state index in [-0.39, 0.29) is 0 Å². The minimum absolute atomic E-state index is 0.377. The van der Waals surface area contributed by atoms with Gasteiger partial charge in [0.15, 0.2) is 5.82 Å². The second kappa shape index (κ2) is 5.11. The van der Waals surface area contributed by atoms with Crippen LogP contribution < -0.4 is 5.73 Å². The molecule has 1 saturated carbocycles. The summed E-state index contributed by atoms with van der Waals surface area (Å²) in [5, 5.41) is 0. The van der Waals surface area contributed by atoms with Crippen molar-refractivity contribution in [3.05, 3.63) is 39.1 Å². The second-order valence-electron chi connectivity index (χ2n) is 4.98.